The zero-order chi connectivity index (χ0) is 20.2. The molecule has 3 heterocycles. The molecular formula is C21H24ClN5O2. The molecule has 1 aromatic carbocycles. The van der Waals surface area contributed by atoms with Crippen LogP contribution in [0.2, 0.25) is 5.02 Å². The predicted molar refractivity (Wildman–Crippen MR) is 111 cm³/mol. The van der Waals surface area contributed by atoms with E-state index < -0.39 is 0 Å². The van der Waals surface area contributed by atoms with E-state index >= 15 is 0 Å². The summed E-state index contributed by atoms with van der Waals surface area (Å²) < 4.78 is 0. The van der Waals surface area contributed by atoms with Crippen molar-refractivity contribution < 1.29 is 9.59 Å². The predicted octanol–water partition coefficient (Wildman–Crippen LogP) is 2.52. The normalized spacial score (nSPS) is 24.3. The third kappa shape index (κ3) is 4.75. The molecule has 2 saturated heterocycles. The lowest BCUT2D eigenvalue weighted by Gasteiger charge is -2.33. The Morgan fingerprint density at radius 2 is 2.07 bits per heavy atom. The molecule has 0 radical (unpaired) electrons. The van der Waals surface area contributed by atoms with Crippen LogP contribution in [0.15, 0.2) is 48.7 Å². The molecule has 0 spiro atoms. The maximum Gasteiger partial charge on any atom is 0.241 e. The average Bonchev–Trinajstić information content (AvgIpc) is 3.24. The van der Waals surface area contributed by atoms with Crippen LogP contribution in [0.3, 0.4) is 0 Å². The van der Waals surface area contributed by atoms with Crippen molar-refractivity contribution >= 4 is 29.1 Å². The second-order valence-electron chi connectivity index (χ2n) is 7.51. The molecule has 7 nitrogen and oxygen atoms in total. The number of nitrogens with zero attached hydrogens (tertiary/aromatic N) is 2. The molecule has 0 bridgehead atoms. The largest absolute Gasteiger partial charge is 0.341 e. The first-order valence-corrected chi connectivity index (χ1v) is 10.2. The number of amides is 2. The van der Waals surface area contributed by atoms with Gasteiger partial charge in [-0.1, -0.05) is 23.7 Å². The Morgan fingerprint density at radius 3 is 2.86 bits per heavy atom. The fourth-order valence-electron chi connectivity index (χ4n) is 3.92. The number of likely N-dealkylation sites (tertiary alicyclic amines) is 1. The summed E-state index contributed by atoms with van der Waals surface area (Å²) in [4.78, 5) is 31.8. The van der Waals surface area contributed by atoms with E-state index in [1.54, 1.807) is 35.4 Å². The third-order valence-electron chi connectivity index (χ3n) is 5.44. The number of hydrogen-bond donors (Lipinski definition) is 3. The fourth-order valence-corrected chi connectivity index (χ4v) is 4.11. The molecule has 3 unspecified atom stereocenters. The van der Waals surface area contributed by atoms with Crippen molar-refractivity contribution in [1.29, 1.82) is 0 Å². The van der Waals surface area contributed by atoms with Crippen molar-refractivity contribution in [2.75, 3.05) is 18.4 Å². The number of halogens is 1. The first kappa shape index (κ1) is 19.8. The van der Waals surface area contributed by atoms with Gasteiger partial charge >= 0.3 is 0 Å². The highest BCUT2D eigenvalue weighted by molar-refractivity contribution is 6.30. The van der Waals surface area contributed by atoms with Gasteiger partial charge in [-0.15, -0.1) is 0 Å². The molecule has 0 saturated carbocycles. The number of rotatable bonds is 4. The second kappa shape index (κ2) is 8.90. The van der Waals surface area contributed by atoms with Crippen LogP contribution in [-0.2, 0) is 9.59 Å². The van der Waals surface area contributed by atoms with Crippen LogP contribution in [0.25, 0.3) is 0 Å². The van der Waals surface area contributed by atoms with Crippen molar-refractivity contribution in [2.45, 2.75) is 31.3 Å². The van der Waals surface area contributed by atoms with E-state index in [1.165, 1.54) is 0 Å². The summed E-state index contributed by atoms with van der Waals surface area (Å²) in [6, 6.07) is 12.5. The van der Waals surface area contributed by atoms with Crippen LogP contribution in [-0.4, -0.2) is 40.8 Å². The van der Waals surface area contributed by atoms with Gasteiger partial charge in [0.1, 0.15) is 6.04 Å². The Morgan fingerprint density at radius 1 is 1.17 bits per heavy atom. The minimum absolute atomic E-state index is 0.00290. The van der Waals surface area contributed by atoms with Crippen molar-refractivity contribution in [3.63, 3.8) is 0 Å². The molecule has 152 valence electrons. The van der Waals surface area contributed by atoms with Gasteiger partial charge in [0, 0.05) is 30.0 Å². The zero-order valence-electron chi connectivity index (χ0n) is 16.0. The molecule has 8 heteroatoms. The Hall–Kier alpha value is -2.48. The van der Waals surface area contributed by atoms with E-state index in [9.17, 15) is 9.59 Å². The maximum atomic E-state index is 13.0. The van der Waals surface area contributed by atoms with E-state index in [4.69, 9.17) is 11.6 Å². The lowest BCUT2D eigenvalue weighted by molar-refractivity contribution is -0.136. The van der Waals surface area contributed by atoms with Crippen LogP contribution < -0.4 is 16.2 Å². The summed E-state index contributed by atoms with van der Waals surface area (Å²) in [5.74, 6) is -0.280. The number of aromatic nitrogens is 1. The minimum atomic E-state index is -0.322. The molecule has 0 aliphatic carbocycles. The standard InChI is InChI=1S/C21H24ClN5O2/c22-15-6-3-7-16(11-15)24-20(28)14-5-4-10-27(13-14)21(29)19-12-18(25-26-19)17-8-1-2-9-23-17/h1-3,6-9,11,14,18-19,25-26H,4-5,10,12-13H2,(H,24,28). The van der Waals surface area contributed by atoms with Gasteiger partial charge in [-0.3, -0.25) is 14.6 Å². The molecule has 3 atom stereocenters. The molecule has 2 aromatic rings. The summed E-state index contributed by atoms with van der Waals surface area (Å²) in [5.41, 5.74) is 7.84. The highest BCUT2D eigenvalue weighted by Crippen LogP contribution is 2.24. The molecule has 2 aliphatic rings. The molecule has 4 rings (SSSR count). The number of piperidine rings is 1. The van der Waals surface area contributed by atoms with Crippen LogP contribution in [0, 0.1) is 5.92 Å². The van der Waals surface area contributed by atoms with Crippen molar-refractivity contribution in [2.24, 2.45) is 5.92 Å². The third-order valence-corrected chi connectivity index (χ3v) is 5.68. The van der Waals surface area contributed by atoms with E-state index in [0.29, 0.717) is 30.2 Å². The van der Waals surface area contributed by atoms with Crippen LogP contribution in [0.5, 0.6) is 0 Å². The van der Waals surface area contributed by atoms with Gasteiger partial charge in [0.25, 0.3) is 0 Å². The van der Waals surface area contributed by atoms with Gasteiger partial charge < -0.3 is 10.2 Å². The lowest BCUT2D eigenvalue weighted by Crippen LogP contribution is -2.50. The Balaban J connectivity index is 1.34. The number of nitrogens with one attached hydrogen (secondary N) is 3. The van der Waals surface area contributed by atoms with Crippen LogP contribution >= 0.6 is 11.6 Å². The summed E-state index contributed by atoms with van der Waals surface area (Å²) in [6.45, 7) is 1.10. The molecule has 29 heavy (non-hydrogen) atoms. The molecule has 2 aliphatic heterocycles. The summed E-state index contributed by atoms with van der Waals surface area (Å²) in [7, 11) is 0. The average molecular weight is 414 g/mol. The van der Waals surface area contributed by atoms with Crippen LogP contribution in [0.4, 0.5) is 5.69 Å². The number of anilines is 1. The van der Waals surface area contributed by atoms with Gasteiger partial charge in [-0.2, -0.15) is 0 Å². The summed E-state index contributed by atoms with van der Waals surface area (Å²) in [6.07, 6.45) is 3.96. The number of benzene rings is 1. The van der Waals surface area contributed by atoms with Crippen molar-refractivity contribution in [3.8, 4) is 0 Å². The van der Waals surface area contributed by atoms with Crippen LogP contribution in [0.1, 0.15) is 31.0 Å². The summed E-state index contributed by atoms with van der Waals surface area (Å²) >= 11 is 5.99. The van der Waals surface area contributed by atoms with Gasteiger partial charge in [0.2, 0.25) is 11.8 Å². The highest BCUT2D eigenvalue weighted by Gasteiger charge is 2.36. The van der Waals surface area contributed by atoms with Gasteiger partial charge in [0.05, 0.1) is 17.7 Å². The van der Waals surface area contributed by atoms with Gasteiger partial charge in [-0.25, -0.2) is 10.9 Å². The van der Waals surface area contributed by atoms with Gasteiger partial charge in [0.15, 0.2) is 0 Å². The Bertz CT molecular complexity index is 878. The van der Waals surface area contributed by atoms with E-state index in [0.717, 1.165) is 18.5 Å². The maximum absolute atomic E-state index is 13.0. The van der Waals surface area contributed by atoms with E-state index in [1.807, 2.05) is 18.2 Å². The smallest absolute Gasteiger partial charge is 0.241 e. The number of pyridine rings is 1. The molecular weight excluding hydrogens is 390 g/mol. The quantitative estimate of drug-likeness (QED) is 0.717. The molecule has 3 N–H and O–H groups in total. The number of hydrazine groups is 1. The lowest BCUT2D eigenvalue weighted by atomic mass is 9.96. The van der Waals surface area contributed by atoms with E-state index in [2.05, 4.69) is 21.2 Å². The Kier molecular flexibility index (Phi) is 6.08. The van der Waals surface area contributed by atoms with Gasteiger partial charge in [-0.05, 0) is 49.6 Å². The van der Waals surface area contributed by atoms with E-state index in [-0.39, 0.29) is 29.8 Å². The summed E-state index contributed by atoms with van der Waals surface area (Å²) in [5, 5.41) is 3.49. The monoisotopic (exact) mass is 413 g/mol. The van der Waals surface area contributed by atoms with Crippen molar-refractivity contribution in [1.82, 2.24) is 20.7 Å². The first-order valence-electron chi connectivity index (χ1n) is 9.87. The molecule has 2 fully saturated rings. The number of hydrogen-bond acceptors (Lipinski definition) is 5. The minimum Gasteiger partial charge on any atom is -0.341 e. The SMILES string of the molecule is O=C(Nc1cccc(Cl)c1)C1CCCN(C(=O)C2CC(c3ccccn3)NN2)C1. The molecule has 1 aromatic heterocycles. The fraction of sp³-hybridized carbons (Fsp3) is 0.381. The number of carbonyl (C=O) groups excluding carboxylic acids is 2. The zero-order valence-corrected chi connectivity index (χ0v) is 16.7. The number of carbonyl (C=O) groups is 2. The van der Waals surface area contributed by atoms with Crippen molar-refractivity contribution in [3.05, 3.63) is 59.4 Å². The second-order valence-corrected chi connectivity index (χ2v) is 7.94. The topological polar surface area (TPSA) is 86.4 Å². The molecule has 2 amide bonds. The first-order chi connectivity index (χ1) is 14.1. The highest BCUT2D eigenvalue weighted by atomic mass is 35.5. The Labute approximate surface area is 174 Å².